The third-order valence-electron chi connectivity index (χ3n) is 4.73. The molecular formula is C21H26N4O. The fourth-order valence-corrected chi connectivity index (χ4v) is 3.07. The first-order valence-electron chi connectivity index (χ1n) is 9.36. The number of H-pyrrole nitrogens is 1. The maximum atomic E-state index is 11.3. The molecule has 0 aliphatic carbocycles. The molecule has 0 fully saturated rings. The van der Waals surface area contributed by atoms with Crippen LogP contribution in [0.5, 0.6) is 0 Å². The molecule has 136 valence electrons. The predicted molar refractivity (Wildman–Crippen MR) is 105 cm³/mol. The van der Waals surface area contributed by atoms with Crippen LogP contribution in [0, 0.1) is 0 Å². The fraction of sp³-hybridized carbons (Fsp3) is 0.381. The summed E-state index contributed by atoms with van der Waals surface area (Å²) in [4.78, 5) is 15.9. The average Bonchev–Trinajstić information content (AvgIpc) is 3.17. The van der Waals surface area contributed by atoms with Gasteiger partial charge < -0.3 is 5.73 Å². The molecule has 0 amide bonds. The van der Waals surface area contributed by atoms with Crippen LogP contribution in [-0.2, 0) is 4.79 Å². The molecule has 0 aliphatic heterocycles. The topological polar surface area (TPSA) is 84.7 Å². The molecule has 0 saturated carbocycles. The van der Waals surface area contributed by atoms with Crippen LogP contribution in [0.15, 0.2) is 42.5 Å². The third-order valence-corrected chi connectivity index (χ3v) is 4.73. The predicted octanol–water partition coefficient (Wildman–Crippen LogP) is 4.55. The van der Waals surface area contributed by atoms with E-state index in [1.807, 2.05) is 25.1 Å². The maximum absolute atomic E-state index is 11.3. The third kappa shape index (κ3) is 4.55. The first-order valence-corrected chi connectivity index (χ1v) is 9.36. The van der Waals surface area contributed by atoms with Gasteiger partial charge in [-0.25, -0.2) is 4.98 Å². The van der Waals surface area contributed by atoms with Crippen molar-refractivity contribution in [1.29, 1.82) is 0 Å². The highest BCUT2D eigenvalue weighted by molar-refractivity contribution is 5.86. The van der Waals surface area contributed by atoms with Gasteiger partial charge in [-0.2, -0.15) is 5.10 Å². The van der Waals surface area contributed by atoms with Crippen LogP contribution in [0.25, 0.3) is 22.2 Å². The van der Waals surface area contributed by atoms with Crippen LogP contribution in [0.3, 0.4) is 0 Å². The van der Waals surface area contributed by atoms with Gasteiger partial charge >= 0.3 is 0 Å². The molecule has 3 rings (SSSR count). The van der Waals surface area contributed by atoms with Gasteiger partial charge in [0, 0.05) is 18.4 Å². The van der Waals surface area contributed by atoms with Gasteiger partial charge in [-0.3, -0.25) is 9.89 Å². The minimum Gasteiger partial charge on any atom is -0.321 e. The van der Waals surface area contributed by atoms with Crippen LogP contribution in [0.2, 0.25) is 0 Å². The van der Waals surface area contributed by atoms with Crippen molar-refractivity contribution in [2.75, 3.05) is 0 Å². The summed E-state index contributed by atoms with van der Waals surface area (Å²) in [6, 6.07) is 14.3. The Morgan fingerprint density at radius 2 is 1.92 bits per heavy atom. The monoisotopic (exact) mass is 350 g/mol. The van der Waals surface area contributed by atoms with Gasteiger partial charge in [0.05, 0.1) is 6.04 Å². The summed E-state index contributed by atoms with van der Waals surface area (Å²) in [5.41, 5.74) is 7.23. The molecular weight excluding hydrogens is 324 g/mol. The number of nitrogens with zero attached hydrogens (tertiary/aromatic N) is 2. The van der Waals surface area contributed by atoms with E-state index in [2.05, 4.69) is 39.4 Å². The molecule has 1 aromatic heterocycles. The smallest absolute Gasteiger partial charge is 0.181 e. The van der Waals surface area contributed by atoms with E-state index in [1.54, 1.807) is 0 Å². The quantitative estimate of drug-likeness (QED) is 0.554. The molecule has 0 saturated heterocycles. The summed E-state index contributed by atoms with van der Waals surface area (Å²) < 4.78 is 0. The largest absolute Gasteiger partial charge is 0.321 e. The van der Waals surface area contributed by atoms with E-state index < -0.39 is 0 Å². The van der Waals surface area contributed by atoms with Crippen molar-refractivity contribution in [3.63, 3.8) is 0 Å². The molecule has 3 aromatic rings. The second kappa shape index (κ2) is 8.72. The van der Waals surface area contributed by atoms with E-state index in [4.69, 9.17) is 5.73 Å². The molecule has 2 aromatic carbocycles. The molecule has 26 heavy (non-hydrogen) atoms. The van der Waals surface area contributed by atoms with Crippen LogP contribution >= 0.6 is 0 Å². The lowest BCUT2D eigenvalue weighted by Gasteiger charge is -2.07. The number of carbonyl (C=O) groups is 1. The van der Waals surface area contributed by atoms with Crippen molar-refractivity contribution in [2.45, 2.75) is 51.5 Å². The SMILES string of the molecule is CCC(=O)CCCCCC(N)c1nc(-c2ccc3ccccc3c2)n[nH]1. The average molecular weight is 350 g/mol. The number of nitrogens with two attached hydrogens (primary N) is 1. The number of benzene rings is 2. The Morgan fingerprint density at radius 1 is 1.12 bits per heavy atom. The van der Waals surface area contributed by atoms with Crippen molar-refractivity contribution < 1.29 is 4.79 Å². The highest BCUT2D eigenvalue weighted by Crippen LogP contribution is 2.23. The lowest BCUT2D eigenvalue weighted by Crippen LogP contribution is -2.12. The van der Waals surface area contributed by atoms with Crippen LogP contribution in [0.1, 0.15) is 57.3 Å². The van der Waals surface area contributed by atoms with Gasteiger partial charge in [0.25, 0.3) is 0 Å². The van der Waals surface area contributed by atoms with Crippen molar-refractivity contribution >= 4 is 16.6 Å². The van der Waals surface area contributed by atoms with E-state index >= 15 is 0 Å². The molecule has 1 unspecified atom stereocenters. The maximum Gasteiger partial charge on any atom is 0.181 e. The minimum absolute atomic E-state index is 0.154. The molecule has 5 nitrogen and oxygen atoms in total. The number of ketones is 1. The number of carbonyl (C=O) groups excluding carboxylic acids is 1. The van der Waals surface area contributed by atoms with Crippen LogP contribution < -0.4 is 5.73 Å². The van der Waals surface area contributed by atoms with Crippen molar-refractivity contribution in [1.82, 2.24) is 15.2 Å². The summed E-state index contributed by atoms with van der Waals surface area (Å²) in [6.45, 7) is 1.91. The lowest BCUT2D eigenvalue weighted by atomic mass is 10.1. The fourth-order valence-electron chi connectivity index (χ4n) is 3.07. The number of hydrogen-bond donors (Lipinski definition) is 2. The first kappa shape index (κ1) is 18.3. The Labute approximate surface area is 154 Å². The highest BCUT2D eigenvalue weighted by atomic mass is 16.1. The van der Waals surface area contributed by atoms with Crippen molar-refractivity contribution in [3.05, 3.63) is 48.3 Å². The lowest BCUT2D eigenvalue weighted by molar-refractivity contribution is -0.118. The van der Waals surface area contributed by atoms with E-state index in [-0.39, 0.29) is 6.04 Å². The van der Waals surface area contributed by atoms with E-state index in [0.717, 1.165) is 37.1 Å². The Balaban J connectivity index is 1.57. The number of aromatic nitrogens is 3. The molecule has 1 atom stereocenters. The zero-order valence-corrected chi connectivity index (χ0v) is 15.2. The Bertz CT molecular complexity index is 871. The second-order valence-electron chi connectivity index (χ2n) is 6.70. The number of unbranched alkanes of at least 4 members (excludes halogenated alkanes) is 2. The molecule has 0 spiro atoms. The second-order valence-corrected chi connectivity index (χ2v) is 6.70. The van der Waals surface area contributed by atoms with E-state index in [9.17, 15) is 4.79 Å². The van der Waals surface area contributed by atoms with Gasteiger partial charge in [-0.15, -0.1) is 0 Å². The van der Waals surface area contributed by atoms with E-state index in [1.165, 1.54) is 10.8 Å². The van der Waals surface area contributed by atoms with Crippen LogP contribution in [0.4, 0.5) is 0 Å². The Hall–Kier alpha value is -2.53. The number of hydrogen-bond acceptors (Lipinski definition) is 4. The van der Waals surface area contributed by atoms with E-state index in [0.29, 0.717) is 24.4 Å². The molecule has 0 bridgehead atoms. The molecule has 0 radical (unpaired) electrons. The summed E-state index contributed by atoms with van der Waals surface area (Å²) in [6.07, 6.45) is 5.11. The van der Waals surface area contributed by atoms with Gasteiger partial charge in [0.15, 0.2) is 5.82 Å². The molecule has 1 heterocycles. The van der Waals surface area contributed by atoms with Gasteiger partial charge in [0.1, 0.15) is 11.6 Å². The van der Waals surface area contributed by atoms with Gasteiger partial charge in [-0.1, -0.05) is 56.2 Å². The van der Waals surface area contributed by atoms with Crippen molar-refractivity contribution in [3.8, 4) is 11.4 Å². The highest BCUT2D eigenvalue weighted by Gasteiger charge is 2.13. The summed E-state index contributed by atoms with van der Waals surface area (Å²) in [7, 11) is 0. The zero-order valence-electron chi connectivity index (χ0n) is 15.2. The number of fused-ring (bicyclic) bond motifs is 1. The summed E-state index contributed by atoms with van der Waals surface area (Å²) >= 11 is 0. The number of rotatable bonds is 9. The van der Waals surface area contributed by atoms with Gasteiger partial charge in [-0.05, 0) is 29.7 Å². The standard InChI is InChI=1S/C21H26N4O/c1-2-18(26)10-4-3-5-11-19(22)21-23-20(24-25-21)17-13-12-15-8-6-7-9-16(15)14-17/h6-9,12-14,19H,2-5,10-11,22H2,1H3,(H,23,24,25). The summed E-state index contributed by atoms with van der Waals surface area (Å²) in [5.74, 6) is 1.73. The Morgan fingerprint density at radius 3 is 2.73 bits per heavy atom. The van der Waals surface area contributed by atoms with Gasteiger partial charge in [0.2, 0.25) is 0 Å². The Kier molecular flexibility index (Phi) is 6.12. The molecule has 5 heteroatoms. The number of aromatic amines is 1. The normalized spacial score (nSPS) is 12.4. The zero-order chi connectivity index (χ0) is 18.4. The molecule has 0 aliphatic rings. The number of Topliss-reactive ketones (excluding diaryl/α,β-unsaturated/α-hetero) is 1. The van der Waals surface area contributed by atoms with Crippen LogP contribution in [-0.4, -0.2) is 21.0 Å². The minimum atomic E-state index is -0.154. The number of nitrogens with one attached hydrogen (secondary N) is 1. The summed E-state index contributed by atoms with van der Waals surface area (Å²) in [5, 5.41) is 9.68. The first-order chi connectivity index (χ1) is 12.7. The molecule has 3 N–H and O–H groups in total. The van der Waals surface area contributed by atoms with Crippen molar-refractivity contribution in [2.24, 2.45) is 5.73 Å².